The Morgan fingerprint density at radius 1 is 1.30 bits per heavy atom. The van der Waals surface area contributed by atoms with E-state index in [0.717, 1.165) is 25.1 Å². The number of hydrogen-bond donors (Lipinski definition) is 2. The first-order valence-corrected chi connectivity index (χ1v) is 7.56. The molecule has 3 rings (SSSR count). The zero-order valence-electron chi connectivity index (χ0n) is 11.9. The van der Waals surface area contributed by atoms with Gasteiger partial charge in [0.25, 0.3) is 0 Å². The fourth-order valence-electron chi connectivity index (χ4n) is 3.56. The quantitative estimate of drug-likeness (QED) is 0.864. The van der Waals surface area contributed by atoms with Crippen LogP contribution in [0, 0.1) is 0 Å². The summed E-state index contributed by atoms with van der Waals surface area (Å²) in [6.45, 7) is 2.48. The van der Waals surface area contributed by atoms with Crippen molar-refractivity contribution in [3.8, 4) is 0 Å². The number of benzene rings is 1. The first-order valence-electron chi connectivity index (χ1n) is 7.56. The van der Waals surface area contributed by atoms with Crippen LogP contribution >= 0.6 is 0 Å². The molecule has 1 saturated heterocycles. The van der Waals surface area contributed by atoms with Crippen LogP contribution in [0.1, 0.15) is 24.8 Å². The lowest BCUT2D eigenvalue weighted by Crippen LogP contribution is -2.55. The summed E-state index contributed by atoms with van der Waals surface area (Å²) in [5, 5.41) is 11.0. The highest BCUT2D eigenvalue weighted by atomic mass is 16.5. The van der Waals surface area contributed by atoms with E-state index in [-0.39, 0.29) is 6.54 Å². The lowest BCUT2D eigenvalue weighted by atomic mass is 9.92. The number of morpholine rings is 1. The Balaban J connectivity index is 1.77. The van der Waals surface area contributed by atoms with Gasteiger partial charge < -0.3 is 15.6 Å². The van der Waals surface area contributed by atoms with E-state index in [2.05, 4.69) is 4.90 Å². The van der Waals surface area contributed by atoms with Crippen molar-refractivity contribution in [3.63, 3.8) is 0 Å². The Bertz CT molecular complexity index is 439. The van der Waals surface area contributed by atoms with Crippen molar-refractivity contribution in [1.82, 2.24) is 4.90 Å². The van der Waals surface area contributed by atoms with Gasteiger partial charge in [-0.2, -0.15) is 0 Å². The number of nitrogens with zero attached hydrogens (tertiary/aromatic N) is 1. The molecule has 1 aliphatic heterocycles. The predicted molar refractivity (Wildman–Crippen MR) is 78.3 cm³/mol. The Labute approximate surface area is 120 Å². The molecule has 2 aliphatic rings. The van der Waals surface area contributed by atoms with Crippen LogP contribution in [0.2, 0.25) is 0 Å². The fourth-order valence-corrected chi connectivity index (χ4v) is 3.56. The molecule has 0 aromatic heterocycles. The van der Waals surface area contributed by atoms with Crippen LogP contribution in [0.15, 0.2) is 30.3 Å². The average Bonchev–Trinajstić information content (AvgIpc) is 2.98. The maximum atomic E-state index is 11.0. The highest BCUT2D eigenvalue weighted by molar-refractivity contribution is 5.23. The van der Waals surface area contributed by atoms with Crippen molar-refractivity contribution in [2.24, 2.45) is 5.73 Å². The molecule has 4 nitrogen and oxygen atoms in total. The van der Waals surface area contributed by atoms with Gasteiger partial charge in [0.2, 0.25) is 0 Å². The minimum Gasteiger partial charge on any atom is -0.382 e. The van der Waals surface area contributed by atoms with Crippen molar-refractivity contribution < 1.29 is 9.84 Å². The standard InChI is InChI=1S/C16H24N2O2/c17-11-16(19,13-5-2-1-3-6-13)12-18-9-10-20-15-8-4-7-14(15)18/h1-3,5-6,14-15,19H,4,7-12,17H2. The second-order valence-electron chi connectivity index (χ2n) is 5.98. The molecule has 3 atom stereocenters. The molecule has 1 aromatic carbocycles. The molecular formula is C16H24N2O2. The third kappa shape index (κ3) is 2.61. The van der Waals surface area contributed by atoms with E-state index in [9.17, 15) is 5.11 Å². The Morgan fingerprint density at radius 3 is 2.85 bits per heavy atom. The number of β-amino-alcohol motifs (C(OH)–C–C–N with tert-alkyl or cyclic N) is 1. The molecule has 1 saturated carbocycles. The van der Waals surface area contributed by atoms with E-state index in [0.29, 0.717) is 18.7 Å². The first kappa shape index (κ1) is 14.0. The molecule has 110 valence electrons. The van der Waals surface area contributed by atoms with Crippen molar-refractivity contribution in [2.75, 3.05) is 26.2 Å². The lowest BCUT2D eigenvalue weighted by Gasteiger charge is -2.42. The van der Waals surface area contributed by atoms with Crippen LogP contribution in [-0.2, 0) is 10.3 Å². The summed E-state index contributed by atoms with van der Waals surface area (Å²) in [7, 11) is 0. The molecule has 1 aromatic rings. The largest absolute Gasteiger partial charge is 0.382 e. The van der Waals surface area contributed by atoms with Crippen molar-refractivity contribution in [1.29, 1.82) is 0 Å². The Hall–Kier alpha value is -0.940. The molecule has 2 fully saturated rings. The van der Waals surface area contributed by atoms with Crippen molar-refractivity contribution in [3.05, 3.63) is 35.9 Å². The molecule has 0 bridgehead atoms. The predicted octanol–water partition coefficient (Wildman–Crippen LogP) is 1.09. The second kappa shape index (κ2) is 5.82. The molecule has 1 aliphatic carbocycles. The summed E-state index contributed by atoms with van der Waals surface area (Å²) in [4.78, 5) is 2.38. The van der Waals surface area contributed by atoms with Gasteiger partial charge in [0.15, 0.2) is 0 Å². The van der Waals surface area contributed by atoms with E-state index in [1.807, 2.05) is 30.3 Å². The first-order chi connectivity index (χ1) is 9.73. The van der Waals surface area contributed by atoms with E-state index < -0.39 is 5.60 Å². The highest BCUT2D eigenvalue weighted by Crippen LogP contribution is 2.32. The summed E-state index contributed by atoms with van der Waals surface area (Å²) in [6.07, 6.45) is 3.88. The average molecular weight is 276 g/mol. The normalized spacial score (nSPS) is 29.9. The molecule has 20 heavy (non-hydrogen) atoms. The van der Waals surface area contributed by atoms with Crippen LogP contribution < -0.4 is 5.73 Å². The summed E-state index contributed by atoms with van der Waals surface area (Å²) in [6, 6.07) is 10.2. The molecule has 0 radical (unpaired) electrons. The second-order valence-corrected chi connectivity index (χ2v) is 5.98. The zero-order valence-corrected chi connectivity index (χ0v) is 11.9. The van der Waals surface area contributed by atoms with Crippen LogP contribution in [0.3, 0.4) is 0 Å². The summed E-state index contributed by atoms with van der Waals surface area (Å²) in [5.41, 5.74) is 5.83. The minimum atomic E-state index is -0.967. The smallest absolute Gasteiger partial charge is 0.114 e. The third-order valence-corrected chi connectivity index (χ3v) is 4.71. The van der Waals surface area contributed by atoms with Crippen LogP contribution in [0.4, 0.5) is 0 Å². The van der Waals surface area contributed by atoms with Gasteiger partial charge in [-0.3, -0.25) is 4.90 Å². The maximum absolute atomic E-state index is 11.0. The van der Waals surface area contributed by atoms with Gasteiger partial charge in [0.05, 0.1) is 12.7 Å². The van der Waals surface area contributed by atoms with Gasteiger partial charge in [-0.1, -0.05) is 30.3 Å². The van der Waals surface area contributed by atoms with E-state index in [4.69, 9.17) is 10.5 Å². The fraction of sp³-hybridized carbons (Fsp3) is 0.625. The molecular weight excluding hydrogens is 252 g/mol. The van der Waals surface area contributed by atoms with Crippen LogP contribution in [-0.4, -0.2) is 48.4 Å². The van der Waals surface area contributed by atoms with E-state index in [1.165, 1.54) is 12.8 Å². The van der Waals surface area contributed by atoms with Gasteiger partial charge in [-0.05, 0) is 24.8 Å². The molecule has 3 N–H and O–H groups in total. The van der Waals surface area contributed by atoms with E-state index in [1.54, 1.807) is 0 Å². The van der Waals surface area contributed by atoms with E-state index >= 15 is 0 Å². The Morgan fingerprint density at radius 2 is 2.10 bits per heavy atom. The zero-order chi connectivity index (χ0) is 14.0. The number of nitrogens with two attached hydrogens (primary N) is 1. The third-order valence-electron chi connectivity index (χ3n) is 4.71. The van der Waals surface area contributed by atoms with Gasteiger partial charge in [-0.25, -0.2) is 0 Å². The van der Waals surface area contributed by atoms with Gasteiger partial charge in [-0.15, -0.1) is 0 Å². The topological polar surface area (TPSA) is 58.7 Å². The number of ether oxygens (including phenoxy) is 1. The van der Waals surface area contributed by atoms with Gasteiger partial charge >= 0.3 is 0 Å². The SMILES string of the molecule is NCC(O)(CN1CCOC2CCCC21)c1ccccc1. The summed E-state index contributed by atoms with van der Waals surface area (Å²) in [5.74, 6) is 0. The molecule has 0 spiro atoms. The number of hydrogen-bond acceptors (Lipinski definition) is 4. The lowest BCUT2D eigenvalue weighted by molar-refractivity contribution is -0.0876. The van der Waals surface area contributed by atoms with Crippen molar-refractivity contribution in [2.45, 2.75) is 37.0 Å². The number of aliphatic hydroxyl groups is 1. The number of rotatable bonds is 4. The molecule has 4 heteroatoms. The van der Waals surface area contributed by atoms with Crippen LogP contribution in [0.5, 0.6) is 0 Å². The molecule has 3 unspecified atom stereocenters. The maximum Gasteiger partial charge on any atom is 0.114 e. The van der Waals surface area contributed by atoms with Gasteiger partial charge in [0.1, 0.15) is 5.60 Å². The highest BCUT2D eigenvalue weighted by Gasteiger charge is 2.40. The summed E-state index contributed by atoms with van der Waals surface area (Å²) >= 11 is 0. The molecule has 1 heterocycles. The Kier molecular flexibility index (Phi) is 4.08. The van der Waals surface area contributed by atoms with Crippen LogP contribution in [0.25, 0.3) is 0 Å². The molecule has 0 amide bonds. The minimum absolute atomic E-state index is 0.242. The van der Waals surface area contributed by atoms with Crippen molar-refractivity contribution >= 4 is 0 Å². The monoisotopic (exact) mass is 276 g/mol. The number of fused-ring (bicyclic) bond motifs is 1. The van der Waals surface area contributed by atoms with Gasteiger partial charge in [0, 0.05) is 25.7 Å². The summed E-state index contributed by atoms with van der Waals surface area (Å²) < 4.78 is 5.83.